The number of anilines is 1. The van der Waals surface area contributed by atoms with Crippen molar-refractivity contribution in [2.45, 2.75) is 76.2 Å². The lowest BCUT2D eigenvalue weighted by molar-refractivity contribution is -0.0458. The summed E-state index contributed by atoms with van der Waals surface area (Å²) in [4.78, 5) is 15.3. The number of aromatic nitrogens is 2. The third-order valence-electron chi connectivity index (χ3n) is 7.58. The molecule has 2 aromatic rings. The van der Waals surface area contributed by atoms with Crippen LogP contribution in [0.2, 0.25) is 0 Å². The molecule has 3 heterocycles. The Morgan fingerprint density at radius 3 is 2.42 bits per heavy atom. The van der Waals surface area contributed by atoms with Crippen molar-refractivity contribution in [3.05, 3.63) is 42.1 Å². The molecule has 1 aromatic carbocycles. The lowest BCUT2D eigenvalue weighted by Crippen LogP contribution is -2.52. The van der Waals surface area contributed by atoms with Gasteiger partial charge in [0, 0.05) is 24.7 Å². The molecule has 0 spiro atoms. The van der Waals surface area contributed by atoms with E-state index in [-0.39, 0.29) is 12.6 Å². The van der Waals surface area contributed by atoms with E-state index in [0.29, 0.717) is 49.5 Å². The number of nitrogens with zero attached hydrogens (tertiary/aromatic N) is 3. The minimum absolute atomic E-state index is 0.203. The van der Waals surface area contributed by atoms with Gasteiger partial charge in [0.2, 0.25) is 0 Å². The summed E-state index contributed by atoms with van der Waals surface area (Å²) in [7, 11) is 0. The first-order chi connectivity index (χ1) is 17.7. The van der Waals surface area contributed by atoms with E-state index in [1.807, 2.05) is 48.1 Å². The number of rotatable bonds is 10. The molecule has 2 saturated heterocycles. The maximum atomic E-state index is 12.5. The summed E-state index contributed by atoms with van der Waals surface area (Å²) in [5.74, 6) is 0.403. The molecule has 1 saturated carbocycles. The van der Waals surface area contributed by atoms with E-state index in [1.54, 1.807) is 0 Å². The van der Waals surface area contributed by atoms with Crippen molar-refractivity contribution >= 4 is 11.8 Å². The molecular formula is C27H38N4O5. The van der Waals surface area contributed by atoms with E-state index in [2.05, 4.69) is 10.2 Å². The maximum absolute atomic E-state index is 12.5. The summed E-state index contributed by atoms with van der Waals surface area (Å²) >= 11 is 0. The highest BCUT2D eigenvalue weighted by atomic mass is 16.6. The number of hydrogen-bond acceptors (Lipinski definition) is 7. The smallest absolute Gasteiger partial charge is 0.412 e. The fraction of sp³-hybridized carbons (Fsp3) is 0.630. The SMILES string of the molecule is CCOCCOc1nn(C2CCC(N3[C@@H]4CC[C@H]3COC4)CC2)cc1NC(=O)OCc1ccccc1. The van der Waals surface area contributed by atoms with Crippen LogP contribution in [0.1, 0.15) is 57.1 Å². The zero-order valence-corrected chi connectivity index (χ0v) is 21.1. The molecule has 1 amide bonds. The monoisotopic (exact) mass is 498 g/mol. The highest BCUT2D eigenvalue weighted by Crippen LogP contribution is 2.39. The van der Waals surface area contributed by atoms with Gasteiger partial charge in [-0.25, -0.2) is 4.79 Å². The first kappa shape index (κ1) is 25.0. The van der Waals surface area contributed by atoms with Crippen LogP contribution in [0.3, 0.4) is 0 Å². The van der Waals surface area contributed by atoms with E-state index >= 15 is 0 Å². The van der Waals surface area contributed by atoms with Gasteiger partial charge >= 0.3 is 6.09 Å². The molecule has 3 aliphatic rings. The van der Waals surface area contributed by atoms with Crippen molar-refractivity contribution in [1.82, 2.24) is 14.7 Å². The molecule has 1 aromatic heterocycles. The standard InChI is InChI=1S/C27H38N4O5/c1-2-33-14-15-35-26-25(28-27(32)36-17-20-6-4-3-5-7-20)16-30(29-26)21-8-10-22(11-9-21)31-23-12-13-24(31)19-34-18-23/h3-7,16,21-24H,2,8-15,17-19H2,1H3,(H,28,32)/t21?,22?,23-,24+. The van der Waals surface area contributed by atoms with Crippen molar-refractivity contribution in [3.8, 4) is 5.88 Å². The van der Waals surface area contributed by atoms with E-state index < -0.39 is 6.09 Å². The first-order valence-corrected chi connectivity index (χ1v) is 13.3. The predicted octanol–water partition coefficient (Wildman–Crippen LogP) is 4.39. The molecule has 9 heteroatoms. The summed E-state index contributed by atoms with van der Waals surface area (Å²) < 4.78 is 24.4. The topological polar surface area (TPSA) is 87.1 Å². The number of carbonyl (C=O) groups excluding carboxylic acids is 1. The number of benzene rings is 1. The van der Waals surface area contributed by atoms with Gasteiger partial charge < -0.3 is 18.9 Å². The zero-order valence-electron chi connectivity index (χ0n) is 21.1. The minimum atomic E-state index is -0.528. The van der Waals surface area contributed by atoms with Crippen molar-refractivity contribution in [2.75, 3.05) is 38.4 Å². The summed E-state index contributed by atoms with van der Waals surface area (Å²) in [5, 5.41) is 7.55. The zero-order chi connectivity index (χ0) is 24.7. The van der Waals surface area contributed by atoms with Gasteiger partial charge in [-0.2, -0.15) is 0 Å². The average molecular weight is 499 g/mol. The van der Waals surface area contributed by atoms with Gasteiger partial charge in [-0.05, 0) is 51.0 Å². The summed E-state index contributed by atoms with van der Waals surface area (Å²) in [6, 6.07) is 11.7. The van der Waals surface area contributed by atoms with Gasteiger partial charge in [0.25, 0.3) is 5.88 Å². The number of ether oxygens (including phenoxy) is 4. The Hall–Kier alpha value is -2.62. The van der Waals surface area contributed by atoms with Crippen LogP contribution in [0, 0.1) is 0 Å². The normalized spacial score (nSPS) is 26.0. The summed E-state index contributed by atoms with van der Waals surface area (Å²) in [6.07, 6.45) is 8.30. The fourth-order valence-electron chi connectivity index (χ4n) is 5.84. The molecular weight excluding hydrogens is 460 g/mol. The molecule has 1 N–H and O–H groups in total. The summed E-state index contributed by atoms with van der Waals surface area (Å²) in [6.45, 7) is 5.38. The number of carbonyl (C=O) groups is 1. The van der Waals surface area contributed by atoms with E-state index in [4.69, 9.17) is 24.0 Å². The van der Waals surface area contributed by atoms with Gasteiger partial charge in [-0.1, -0.05) is 30.3 Å². The Balaban J connectivity index is 1.20. The maximum Gasteiger partial charge on any atom is 0.412 e. The lowest BCUT2D eigenvalue weighted by atomic mass is 9.89. The average Bonchev–Trinajstić information content (AvgIpc) is 3.42. The summed E-state index contributed by atoms with van der Waals surface area (Å²) in [5.41, 5.74) is 1.46. The Bertz CT molecular complexity index is 960. The molecule has 1 aliphatic carbocycles. The Labute approximate surface area is 213 Å². The van der Waals surface area contributed by atoms with Crippen LogP contribution in [0.5, 0.6) is 5.88 Å². The van der Waals surface area contributed by atoms with E-state index in [9.17, 15) is 4.79 Å². The van der Waals surface area contributed by atoms with Crippen LogP contribution < -0.4 is 10.1 Å². The van der Waals surface area contributed by atoms with Gasteiger partial charge in [-0.15, -0.1) is 5.10 Å². The molecule has 2 bridgehead atoms. The third-order valence-corrected chi connectivity index (χ3v) is 7.58. The van der Waals surface area contributed by atoms with Crippen LogP contribution in [0.25, 0.3) is 0 Å². The number of fused-ring (bicyclic) bond motifs is 2. The third kappa shape index (κ3) is 6.02. The van der Waals surface area contributed by atoms with Gasteiger partial charge in [0.15, 0.2) is 0 Å². The Morgan fingerprint density at radius 1 is 1.00 bits per heavy atom. The second-order valence-electron chi connectivity index (χ2n) is 9.89. The number of hydrogen-bond donors (Lipinski definition) is 1. The first-order valence-electron chi connectivity index (χ1n) is 13.3. The van der Waals surface area contributed by atoms with Gasteiger partial charge in [0.05, 0.1) is 32.1 Å². The highest BCUT2D eigenvalue weighted by Gasteiger charge is 2.42. The molecule has 2 atom stereocenters. The van der Waals surface area contributed by atoms with E-state index in [0.717, 1.165) is 44.5 Å². The van der Waals surface area contributed by atoms with Gasteiger partial charge in [0.1, 0.15) is 18.9 Å². The molecule has 9 nitrogen and oxygen atoms in total. The van der Waals surface area contributed by atoms with Crippen LogP contribution in [0.15, 0.2) is 36.5 Å². The van der Waals surface area contributed by atoms with Crippen LogP contribution in [0.4, 0.5) is 10.5 Å². The molecule has 3 fully saturated rings. The largest absolute Gasteiger partial charge is 0.473 e. The minimum Gasteiger partial charge on any atom is -0.473 e. The molecule has 0 unspecified atom stereocenters. The van der Waals surface area contributed by atoms with Crippen LogP contribution in [-0.2, 0) is 20.8 Å². The number of amides is 1. The second kappa shape index (κ2) is 12.1. The van der Waals surface area contributed by atoms with Crippen molar-refractivity contribution in [1.29, 1.82) is 0 Å². The molecule has 0 radical (unpaired) electrons. The molecule has 196 valence electrons. The quantitative estimate of drug-likeness (QED) is 0.486. The molecule has 36 heavy (non-hydrogen) atoms. The van der Waals surface area contributed by atoms with E-state index in [1.165, 1.54) is 12.8 Å². The predicted molar refractivity (Wildman–Crippen MR) is 135 cm³/mol. The second-order valence-corrected chi connectivity index (χ2v) is 9.89. The Morgan fingerprint density at radius 2 is 1.69 bits per heavy atom. The van der Waals surface area contributed by atoms with Gasteiger partial charge in [-0.3, -0.25) is 14.9 Å². The van der Waals surface area contributed by atoms with Crippen molar-refractivity contribution in [2.24, 2.45) is 0 Å². The van der Waals surface area contributed by atoms with Crippen molar-refractivity contribution < 1.29 is 23.7 Å². The lowest BCUT2D eigenvalue weighted by Gasteiger charge is -2.43. The Kier molecular flexibility index (Phi) is 8.40. The van der Waals surface area contributed by atoms with Crippen LogP contribution in [-0.4, -0.2) is 71.9 Å². The van der Waals surface area contributed by atoms with Crippen molar-refractivity contribution in [3.63, 3.8) is 0 Å². The highest BCUT2D eigenvalue weighted by molar-refractivity contribution is 5.86. The molecule has 2 aliphatic heterocycles. The fourth-order valence-corrected chi connectivity index (χ4v) is 5.84. The number of morpholine rings is 1. The number of nitrogens with one attached hydrogen (secondary N) is 1. The van der Waals surface area contributed by atoms with Crippen LogP contribution >= 0.6 is 0 Å². The molecule has 5 rings (SSSR count).